The van der Waals surface area contributed by atoms with Crippen LogP contribution in [0.2, 0.25) is 0 Å². The van der Waals surface area contributed by atoms with Crippen LogP contribution in [0.25, 0.3) is 0 Å². The van der Waals surface area contributed by atoms with Crippen molar-refractivity contribution in [2.45, 2.75) is 63.6 Å². The van der Waals surface area contributed by atoms with Crippen LogP contribution in [0.1, 0.15) is 54.1 Å². The molecule has 4 atom stereocenters. The summed E-state index contributed by atoms with van der Waals surface area (Å²) in [5, 5.41) is 2.45. The van der Waals surface area contributed by atoms with Gasteiger partial charge in [-0.3, -0.25) is 9.59 Å². The predicted octanol–water partition coefficient (Wildman–Crippen LogP) is 4.32. The van der Waals surface area contributed by atoms with E-state index in [1.807, 2.05) is 6.92 Å². The molecule has 0 saturated carbocycles. The Kier molecular flexibility index (Phi) is 7.59. The van der Waals surface area contributed by atoms with Gasteiger partial charge >= 0.3 is 5.92 Å². The maximum absolute atomic E-state index is 15.6. The third-order valence-corrected chi connectivity index (χ3v) is 8.07. The number of halogens is 4. The van der Waals surface area contributed by atoms with Crippen LogP contribution >= 0.6 is 0 Å². The Hall–Kier alpha value is -2.99. The lowest BCUT2D eigenvalue weighted by molar-refractivity contribution is -0.172. The number of carbonyl (C=O) groups is 2. The Morgan fingerprint density at radius 1 is 1.03 bits per heavy atom. The van der Waals surface area contributed by atoms with Gasteiger partial charge in [0.15, 0.2) is 0 Å². The SMILES string of the molecule is Cc1cc(NC(=O)c2ccc(F)c(C(F)(F)C(=O)N3C4C[C@H](NS(C)(=O)=O)C[C@H]3CC[C@@H]4C)c2)ccc1F. The number of benzene rings is 2. The standard InChI is InChI=1S/C26H29F4N3O4S/c1-14-4-7-19-12-18(32-38(3,36)37)13-23(14)33(19)25(35)26(29,30)20-11-16(5-8-22(20)28)24(34)31-17-6-9-21(27)15(2)10-17/h5-6,8-11,14,18-19,23,32H,4,7,12-13H2,1-3H3,(H,31,34)/t14-,18+,19+,23?/m0/s1. The average molecular weight is 556 g/mol. The molecule has 2 amide bonds. The van der Waals surface area contributed by atoms with Crippen molar-refractivity contribution in [2.24, 2.45) is 5.92 Å². The normalized spacial score (nSPS) is 23.7. The summed E-state index contributed by atoms with van der Waals surface area (Å²) in [4.78, 5) is 27.1. The fourth-order valence-electron chi connectivity index (χ4n) is 5.45. The predicted molar refractivity (Wildman–Crippen MR) is 133 cm³/mol. The number of aryl methyl sites for hydroxylation is 1. The molecule has 1 unspecified atom stereocenters. The number of hydrogen-bond donors (Lipinski definition) is 2. The maximum atomic E-state index is 15.6. The number of nitrogens with zero attached hydrogens (tertiary/aromatic N) is 1. The van der Waals surface area contributed by atoms with Gasteiger partial charge in [-0.2, -0.15) is 8.78 Å². The highest BCUT2D eigenvalue weighted by molar-refractivity contribution is 7.88. The molecule has 7 nitrogen and oxygen atoms in total. The van der Waals surface area contributed by atoms with Crippen LogP contribution in [-0.4, -0.2) is 49.5 Å². The van der Waals surface area contributed by atoms with E-state index in [-0.39, 0.29) is 35.6 Å². The summed E-state index contributed by atoms with van der Waals surface area (Å²) < 4.78 is 85.5. The molecule has 2 heterocycles. The summed E-state index contributed by atoms with van der Waals surface area (Å²) in [6, 6.07) is 4.37. The number of nitrogens with one attached hydrogen (secondary N) is 2. The van der Waals surface area contributed by atoms with Gasteiger partial charge in [0, 0.05) is 29.4 Å². The van der Waals surface area contributed by atoms with Gasteiger partial charge in [-0.1, -0.05) is 6.92 Å². The minimum atomic E-state index is -4.28. The van der Waals surface area contributed by atoms with E-state index in [1.165, 1.54) is 19.1 Å². The number of amides is 2. The van der Waals surface area contributed by atoms with Crippen molar-refractivity contribution in [3.8, 4) is 0 Å². The lowest BCUT2D eigenvalue weighted by atomic mass is 9.76. The zero-order chi connectivity index (χ0) is 28.0. The number of carbonyl (C=O) groups excluding carboxylic acids is 2. The topological polar surface area (TPSA) is 95.6 Å². The Labute approximate surface area is 218 Å². The van der Waals surface area contributed by atoms with E-state index < -0.39 is 63.1 Å². The van der Waals surface area contributed by atoms with Crippen molar-refractivity contribution in [3.63, 3.8) is 0 Å². The first-order valence-electron chi connectivity index (χ1n) is 12.2. The second kappa shape index (κ2) is 10.3. The zero-order valence-electron chi connectivity index (χ0n) is 21.1. The van der Waals surface area contributed by atoms with Crippen molar-refractivity contribution in [2.75, 3.05) is 11.6 Å². The van der Waals surface area contributed by atoms with E-state index in [4.69, 9.17) is 0 Å². The van der Waals surface area contributed by atoms with Crippen molar-refractivity contribution >= 4 is 27.5 Å². The molecule has 2 fully saturated rings. The lowest BCUT2D eigenvalue weighted by Gasteiger charge is -2.52. The Morgan fingerprint density at radius 2 is 1.71 bits per heavy atom. The van der Waals surface area contributed by atoms with Gasteiger partial charge in [-0.05, 0) is 80.5 Å². The molecule has 4 rings (SSSR count). The highest BCUT2D eigenvalue weighted by Crippen LogP contribution is 2.42. The van der Waals surface area contributed by atoms with Crippen LogP contribution in [0.3, 0.4) is 0 Å². The van der Waals surface area contributed by atoms with Gasteiger partial charge in [0.25, 0.3) is 11.8 Å². The minimum Gasteiger partial charge on any atom is -0.331 e. The molecule has 2 bridgehead atoms. The number of sulfonamides is 1. The molecule has 2 aromatic rings. The molecule has 2 saturated heterocycles. The largest absolute Gasteiger partial charge is 0.352 e. The van der Waals surface area contributed by atoms with Crippen LogP contribution in [0.4, 0.5) is 23.2 Å². The second-order valence-corrected chi connectivity index (χ2v) is 12.0. The van der Waals surface area contributed by atoms with E-state index in [9.17, 15) is 26.8 Å². The first-order chi connectivity index (χ1) is 17.7. The van der Waals surface area contributed by atoms with Crippen molar-refractivity contribution < 1.29 is 35.6 Å². The van der Waals surface area contributed by atoms with Gasteiger partial charge in [0.2, 0.25) is 10.0 Å². The molecular weight excluding hydrogens is 526 g/mol. The first-order valence-corrected chi connectivity index (χ1v) is 14.1. The zero-order valence-corrected chi connectivity index (χ0v) is 21.9. The molecule has 0 spiro atoms. The van der Waals surface area contributed by atoms with E-state index in [0.717, 1.165) is 23.3 Å². The highest BCUT2D eigenvalue weighted by Gasteiger charge is 2.53. The summed E-state index contributed by atoms with van der Waals surface area (Å²) in [6.45, 7) is 3.30. The molecule has 0 aliphatic carbocycles. The highest BCUT2D eigenvalue weighted by atomic mass is 32.2. The quantitative estimate of drug-likeness (QED) is 0.519. The van der Waals surface area contributed by atoms with Gasteiger partial charge in [0.05, 0.1) is 11.8 Å². The van der Waals surface area contributed by atoms with Gasteiger partial charge in [-0.15, -0.1) is 0 Å². The van der Waals surface area contributed by atoms with Crippen molar-refractivity contribution in [3.05, 3.63) is 64.7 Å². The number of alkyl halides is 2. The molecular formula is C26H29F4N3O4S. The summed E-state index contributed by atoms with van der Waals surface area (Å²) in [7, 11) is -3.53. The minimum absolute atomic E-state index is 0.161. The van der Waals surface area contributed by atoms with Gasteiger partial charge < -0.3 is 10.2 Å². The van der Waals surface area contributed by atoms with Gasteiger partial charge in [0.1, 0.15) is 11.6 Å². The molecule has 2 aliphatic rings. The lowest BCUT2D eigenvalue weighted by Crippen LogP contribution is -2.63. The maximum Gasteiger partial charge on any atom is 0.352 e. The van der Waals surface area contributed by atoms with Crippen LogP contribution in [0.15, 0.2) is 36.4 Å². The number of rotatable bonds is 6. The van der Waals surface area contributed by atoms with Crippen molar-refractivity contribution in [1.29, 1.82) is 0 Å². The summed E-state index contributed by atoms with van der Waals surface area (Å²) >= 11 is 0. The first kappa shape index (κ1) is 28.0. The van der Waals surface area contributed by atoms with E-state index >= 15 is 8.78 Å². The third kappa shape index (κ3) is 5.70. The third-order valence-electron chi connectivity index (χ3n) is 7.31. The Balaban J connectivity index is 1.60. The average Bonchev–Trinajstić information content (AvgIpc) is 2.82. The van der Waals surface area contributed by atoms with Gasteiger partial charge in [-0.25, -0.2) is 21.9 Å². The fraction of sp³-hybridized carbons (Fsp3) is 0.462. The smallest absolute Gasteiger partial charge is 0.331 e. The van der Waals surface area contributed by atoms with E-state index in [2.05, 4.69) is 10.0 Å². The second-order valence-electron chi connectivity index (χ2n) is 10.2. The number of piperidine rings is 2. The number of hydrogen-bond acceptors (Lipinski definition) is 4. The summed E-state index contributed by atoms with van der Waals surface area (Å²) in [6.07, 6.45) is 2.43. The summed E-state index contributed by atoms with van der Waals surface area (Å²) in [5.41, 5.74) is -1.06. The van der Waals surface area contributed by atoms with E-state index in [1.54, 1.807) is 0 Å². The molecule has 206 valence electrons. The molecule has 0 aromatic heterocycles. The van der Waals surface area contributed by atoms with Crippen LogP contribution in [-0.2, 0) is 20.7 Å². The van der Waals surface area contributed by atoms with Crippen LogP contribution in [0, 0.1) is 24.5 Å². The Morgan fingerprint density at radius 3 is 2.37 bits per heavy atom. The molecule has 2 aliphatic heterocycles. The van der Waals surface area contributed by atoms with Crippen molar-refractivity contribution in [1.82, 2.24) is 9.62 Å². The van der Waals surface area contributed by atoms with Crippen LogP contribution in [0.5, 0.6) is 0 Å². The van der Waals surface area contributed by atoms with Crippen LogP contribution < -0.4 is 10.0 Å². The summed E-state index contributed by atoms with van der Waals surface area (Å²) in [5.74, 6) is -8.69. The monoisotopic (exact) mass is 555 g/mol. The molecule has 38 heavy (non-hydrogen) atoms. The molecule has 2 N–H and O–H groups in total. The Bertz CT molecular complexity index is 1370. The number of fused-ring (bicyclic) bond motifs is 2. The fourth-order valence-corrected chi connectivity index (χ4v) is 6.25. The number of anilines is 1. The molecule has 12 heteroatoms. The van der Waals surface area contributed by atoms with E-state index in [0.29, 0.717) is 25.0 Å². The molecule has 2 aromatic carbocycles. The molecule has 0 radical (unpaired) electrons.